The van der Waals surface area contributed by atoms with Crippen LogP contribution < -0.4 is 15.1 Å². The number of amides is 4. The normalized spacial score (nSPS) is 19.0. The van der Waals surface area contributed by atoms with Crippen molar-refractivity contribution in [2.75, 3.05) is 76.3 Å². The van der Waals surface area contributed by atoms with Crippen molar-refractivity contribution in [1.29, 1.82) is 0 Å². The van der Waals surface area contributed by atoms with Gasteiger partial charge in [-0.15, -0.1) is 0 Å². The molecule has 4 aliphatic rings. The number of piperidine rings is 2. The summed E-state index contributed by atoms with van der Waals surface area (Å²) in [5.41, 5.74) is 3.68. The smallest absolute Gasteiger partial charge is 0.269 e. The molecule has 1 unspecified atom stereocenters. The standard InChI is InChI=1S/C48H52F3N9O4/c1-55(2)48(64)41-28-38-37(27-36(45(51)46(38)53-41)31-5-3-16-59(29-31)44(62)14-20-60-17-4-15-52-60)35-8-7-33(26-39(35)49)57-23-21-56(22-24-57)32-12-18-58(19-13-32)42-10-6-30(25-40(42)50)34-9-11-43(61)54-47(34)63/h4-8,10,15,17,25-28,32,34,53H,3,9,11-14,16,18-24,29H2,1-2H3,(H,54,61,63). The molecule has 4 amide bonds. The molecular weight excluding hydrogens is 824 g/mol. The zero-order valence-corrected chi connectivity index (χ0v) is 36.1. The molecule has 4 aliphatic heterocycles. The molecule has 16 heteroatoms. The highest BCUT2D eigenvalue weighted by Gasteiger charge is 2.32. The van der Waals surface area contributed by atoms with Gasteiger partial charge in [0, 0.05) is 126 Å². The number of rotatable bonds is 10. The first-order valence-electron chi connectivity index (χ1n) is 22.1. The van der Waals surface area contributed by atoms with Crippen LogP contribution in [-0.2, 0) is 20.9 Å². The van der Waals surface area contributed by atoms with Crippen molar-refractivity contribution in [3.05, 3.63) is 107 Å². The van der Waals surface area contributed by atoms with E-state index in [2.05, 4.69) is 30.1 Å². The molecule has 2 N–H and O–H groups in total. The van der Waals surface area contributed by atoms with Gasteiger partial charge in [-0.2, -0.15) is 5.10 Å². The molecule has 0 spiro atoms. The summed E-state index contributed by atoms with van der Waals surface area (Å²) >= 11 is 0. The van der Waals surface area contributed by atoms with Crippen LogP contribution in [0.4, 0.5) is 24.5 Å². The third kappa shape index (κ3) is 8.62. The number of aryl methyl sites for hydroxylation is 1. The highest BCUT2D eigenvalue weighted by atomic mass is 19.1. The monoisotopic (exact) mass is 875 g/mol. The van der Waals surface area contributed by atoms with Crippen LogP contribution in [0.3, 0.4) is 0 Å². The van der Waals surface area contributed by atoms with Gasteiger partial charge in [0.25, 0.3) is 5.91 Å². The highest BCUT2D eigenvalue weighted by Crippen LogP contribution is 2.39. The van der Waals surface area contributed by atoms with E-state index < -0.39 is 17.6 Å². The maximum atomic E-state index is 16.6. The third-order valence-electron chi connectivity index (χ3n) is 13.3. The Kier molecular flexibility index (Phi) is 12.0. The van der Waals surface area contributed by atoms with Gasteiger partial charge in [0.15, 0.2) is 5.82 Å². The van der Waals surface area contributed by atoms with Gasteiger partial charge in [0.1, 0.15) is 17.3 Å². The van der Waals surface area contributed by atoms with Crippen LogP contribution in [0.2, 0.25) is 0 Å². The number of anilines is 2. The van der Waals surface area contributed by atoms with E-state index in [4.69, 9.17) is 0 Å². The molecule has 0 aliphatic carbocycles. The minimum Gasteiger partial charge on any atom is -0.369 e. The first-order valence-corrected chi connectivity index (χ1v) is 22.1. The summed E-state index contributed by atoms with van der Waals surface area (Å²) in [5, 5.41) is 6.91. The second kappa shape index (κ2) is 18.0. The van der Waals surface area contributed by atoms with Crippen molar-refractivity contribution in [3.63, 3.8) is 0 Å². The fraction of sp³-hybridized carbons (Fsp3) is 0.396. The van der Waals surface area contributed by atoms with E-state index in [1.165, 1.54) is 17.0 Å². The molecule has 334 valence electrons. The van der Waals surface area contributed by atoms with Crippen LogP contribution >= 0.6 is 0 Å². The number of carbonyl (C=O) groups excluding carboxylic acids is 4. The number of halogens is 3. The molecular formula is C48H52F3N9O4. The molecule has 0 bridgehead atoms. The van der Waals surface area contributed by atoms with E-state index in [1.54, 1.807) is 72.5 Å². The average molecular weight is 876 g/mol. The topological polar surface area (TPSA) is 130 Å². The van der Waals surface area contributed by atoms with Gasteiger partial charge in [0.05, 0.1) is 17.1 Å². The molecule has 3 saturated heterocycles. The summed E-state index contributed by atoms with van der Waals surface area (Å²) in [6, 6.07) is 15.5. The minimum atomic E-state index is -0.568. The van der Waals surface area contributed by atoms with Gasteiger partial charge in [-0.05, 0) is 90.9 Å². The van der Waals surface area contributed by atoms with Crippen LogP contribution in [0.15, 0.2) is 73.1 Å². The molecule has 9 rings (SSSR count). The number of H-pyrrole nitrogens is 1. The zero-order chi connectivity index (χ0) is 44.6. The molecule has 6 heterocycles. The van der Waals surface area contributed by atoms with Crippen LogP contribution in [0.5, 0.6) is 0 Å². The quantitative estimate of drug-likeness (QED) is 0.160. The Morgan fingerprint density at radius 3 is 2.34 bits per heavy atom. The summed E-state index contributed by atoms with van der Waals surface area (Å²) < 4.78 is 50.2. The lowest BCUT2D eigenvalue weighted by molar-refractivity contribution is -0.134. The Balaban J connectivity index is 0.874. The van der Waals surface area contributed by atoms with E-state index in [0.717, 1.165) is 31.6 Å². The van der Waals surface area contributed by atoms with Crippen molar-refractivity contribution in [2.45, 2.75) is 57.0 Å². The van der Waals surface area contributed by atoms with Gasteiger partial charge < -0.3 is 24.6 Å². The largest absolute Gasteiger partial charge is 0.369 e. The van der Waals surface area contributed by atoms with E-state index in [-0.39, 0.29) is 71.2 Å². The fourth-order valence-corrected chi connectivity index (χ4v) is 9.77. The average Bonchev–Trinajstić information content (AvgIpc) is 4.00. The second-order valence-electron chi connectivity index (χ2n) is 17.4. The first kappa shape index (κ1) is 42.9. The summed E-state index contributed by atoms with van der Waals surface area (Å²) in [7, 11) is 3.22. The molecule has 3 aromatic carbocycles. The van der Waals surface area contributed by atoms with Crippen LogP contribution in [-0.4, -0.2) is 126 Å². The number of nitrogens with one attached hydrogen (secondary N) is 2. The molecule has 13 nitrogen and oxygen atoms in total. The molecule has 64 heavy (non-hydrogen) atoms. The molecule has 0 saturated carbocycles. The number of fused-ring (bicyclic) bond motifs is 1. The lowest BCUT2D eigenvalue weighted by atomic mass is 9.90. The number of piperazine rings is 1. The Morgan fingerprint density at radius 1 is 0.844 bits per heavy atom. The maximum Gasteiger partial charge on any atom is 0.269 e. The van der Waals surface area contributed by atoms with Crippen LogP contribution in [0.25, 0.3) is 27.6 Å². The van der Waals surface area contributed by atoms with Crippen molar-refractivity contribution in [3.8, 4) is 11.1 Å². The van der Waals surface area contributed by atoms with Gasteiger partial charge in [-0.1, -0.05) is 12.1 Å². The van der Waals surface area contributed by atoms with Gasteiger partial charge in [0.2, 0.25) is 17.7 Å². The molecule has 0 radical (unpaired) electrons. The number of imide groups is 1. The molecule has 5 aromatic rings. The van der Waals surface area contributed by atoms with Crippen LogP contribution in [0, 0.1) is 17.5 Å². The Hall–Kier alpha value is -6.42. The van der Waals surface area contributed by atoms with E-state index >= 15 is 13.2 Å². The fourth-order valence-electron chi connectivity index (χ4n) is 9.77. The van der Waals surface area contributed by atoms with Crippen molar-refractivity contribution >= 4 is 51.5 Å². The number of carbonyl (C=O) groups is 4. The zero-order valence-electron chi connectivity index (χ0n) is 36.1. The van der Waals surface area contributed by atoms with Crippen molar-refractivity contribution in [2.24, 2.45) is 0 Å². The number of benzene rings is 3. The van der Waals surface area contributed by atoms with E-state index in [1.807, 2.05) is 12.1 Å². The van der Waals surface area contributed by atoms with Gasteiger partial charge in [-0.25, -0.2) is 13.2 Å². The summed E-state index contributed by atoms with van der Waals surface area (Å²) in [4.78, 5) is 63.1. The van der Waals surface area contributed by atoms with Gasteiger partial charge >= 0.3 is 0 Å². The second-order valence-corrected chi connectivity index (χ2v) is 17.4. The number of hydrogen-bond acceptors (Lipinski definition) is 8. The SMILES string of the molecule is CN(C)C(=O)c1cc2c(-c3ccc(N4CCN(C5CCN(c6ccc(C7CCC(=O)NC7=O)cc6F)CC5)CC4)cc3F)cc(C3=CCCN(C(=O)CCn4cccn4)C3)c(F)c2[nH]1. The number of hydrogen-bond donors (Lipinski definition) is 2. The highest BCUT2D eigenvalue weighted by molar-refractivity contribution is 6.05. The minimum absolute atomic E-state index is 0.0706. The summed E-state index contributed by atoms with van der Waals surface area (Å²) in [6.07, 6.45) is 8.51. The lowest BCUT2D eigenvalue weighted by Gasteiger charge is -2.44. The Labute approximate surface area is 369 Å². The predicted molar refractivity (Wildman–Crippen MR) is 238 cm³/mol. The van der Waals surface area contributed by atoms with Crippen LogP contribution in [0.1, 0.15) is 66.1 Å². The Bertz CT molecular complexity index is 2630. The van der Waals surface area contributed by atoms with Crippen molar-refractivity contribution in [1.82, 2.24) is 34.8 Å². The molecule has 3 fully saturated rings. The van der Waals surface area contributed by atoms with Gasteiger partial charge in [-0.3, -0.25) is 34.1 Å². The maximum absolute atomic E-state index is 16.6. The first-order chi connectivity index (χ1) is 30.9. The Morgan fingerprint density at radius 2 is 1.64 bits per heavy atom. The summed E-state index contributed by atoms with van der Waals surface area (Å²) in [5.74, 6) is -3.04. The number of aromatic nitrogens is 3. The van der Waals surface area contributed by atoms with E-state index in [9.17, 15) is 19.2 Å². The third-order valence-corrected chi connectivity index (χ3v) is 13.3. The number of nitrogens with zero attached hydrogens (tertiary/aromatic N) is 7. The molecule has 1 atom stereocenters. The lowest BCUT2D eigenvalue weighted by Crippen LogP contribution is -2.53. The predicted octanol–water partition coefficient (Wildman–Crippen LogP) is 6.17. The van der Waals surface area contributed by atoms with Crippen molar-refractivity contribution < 1.29 is 32.3 Å². The summed E-state index contributed by atoms with van der Waals surface area (Å²) in [6.45, 7) is 5.46. The number of aromatic amines is 1. The molecule has 2 aromatic heterocycles. The van der Waals surface area contributed by atoms with E-state index in [0.29, 0.717) is 85.9 Å².